The molecule has 2 aromatic carbocycles. The molecular weight excluding hydrogens is 388 g/mol. The van der Waals surface area contributed by atoms with E-state index in [4.69, 9.17) is 4.74 Å². The van der Waals surface area contributed by atoms with E-state index in [0.717, 1.165) is 30.6 Å². The molecule has 0 spiro atoms. The van der Waals surface area contributed by atoms with Gasteiger partial charge in [0.1, 0.15) is 12.4 Å². The van der Waals surface area contributed by atoms with E-state index in [1.807, 2.05) is 31.2 Å². The molecule has 1 aliphatic rings. The molecule has 0 radical (unpaired) electrons. The fourth-order valence-corrected chi connectivity index (χ4v) is 5.17. The lowest BCUT2D eigenvalue weighted by Gasteiger charge is -2.26. The van der Waals surface area contributed by atoms with Crippen LogP contribution >= 0.6 is 0 Å². The quantitative estimate of drug-likeness (QED) is 0.703. The predicted octanol–water partition coefficient (Wildman–Crippen LogP) is 3.29. The third kappa shape index (κ3) is 5.36. The second-order valence-corrected chi connectivity index (χ2v) is 9.27. The molecule has 29 heavy (non-hydrogen) atoms. The highest BCUT2D eigenvalue weighted by atomic mass is 32.2. The van der Waals surface area contributed by atoms with Crippen molar-refractivity contribution in [1.82, 2.24) is 9.62 Å². The highest BCUT2D eigenvalue weighted by molar-refractivity contribution is 7.89. The molecular formula is C22H28N2O4S. The van der Waals surface area contributed by atoms with Crippen molar-refractivity contribution >= 4 is 15.9 Å². The number of carbonyl (C=O) groups is 1. The number of amides is 1. The average molecular weight is 417 g/mol. The largest absolute Gasteiger partial charge is 0.492 e. The predicted molar refractivity (Wildman–Crippen MR) is 113 cm³/mol. The van der Waals surface area contributed by atoms with Crippen molar-refractivity contribution in [2.45, 2.75) is 38.0 Å². The molecule has 2 aromatic rings. The van der Waals surface area contributed by atoms with E-state index >= 15 is 0 Å². The van der Waals surface area contributed by atoms with Crippen LogP contribution in [0.1, 0.15) is 40.7 Å². The first-order chi connectivity index (χ1) is 13.9. The summed E-state index contributed by atoms with van der Waals surface area (Å²) in [5.41, 5.74) is 2.09. The van der Waals surface area contributed by atoms with Gasteiger partial charge in [-0.2, -0.15) is 4.31 Å². The molecule has 1 fully saturated rings. The smallest absolute Gasteiger partial charge is 0.251 e. The Morgan fingerprint density at radius 2 is 1.83 bits per heavy atom. The van der Waals surface area contributed by atoms with Crippen molar-refractivity contribution in [2.24, 2.45) is 0 Å². The molecule has 1 N–H and O–H groups in total. The SMILES string of the molecule is Cc1cccc(OCCNC(=O)c2ccc(C)c(S(=O)(=O)N3CCCCC3)c2)c1. The molecule has 6 nitrogen and oxygen atoms in total. The lowest BCUT2D eigenvalue weighted by atomic mass is 10.1. The van der Waals surface area contributed by atoms with Crippen molar-refractivity contribution in [3.8, 4) is 5.75 Å². The molecule has 0 aromatic heterocycles. The standard InChI is InChI=1S/C22H28N2O4S/c1-17-7-6-8-20(15-17)28-14-11-23-22(25)19-10-9-18(2)21(16-19)29(26,27)24-12-4-3-5-13-24/h6-10,15-16H,3-5,11-14H2,1-2H3,(H,23,25). The molecule has 0 atom stereocenters. The Labute approximate surface area is 172 Å². The van der Waals surface area contributed by atoms with Gasteiger partial charge in [0.2, 0.25) is 10.0 Å². The molecule has 1 amide bonds. The van der Waals surface area contributed by atoms with Crippen molar-refractivity contribution in [2.75, 3.05) is 26.2 Å². The van der Waals surface area contributed by atoms with Gasteiger partial charge in [0.25, 0.3) is 5.91 Å². The monoisotopic (exact) mass is 416 g/mol. The Hall–Kier alpha value is -2.38. The number of rotatable bonds is 7. The maximum Gasteiger partial charge on any atom is 0.251 e. The summed E-state index contributed by atoms with van der Waals surface area (Å²) in [6.07, 6.45) is 2.80. The minimum Gasteiger partial charge on any atom is -0.492 e. The molecule has 156 valence electrons. The van der Waals surface area contributed by atoms with Crippen LogP contribution in [0.5, 0.6) is 5.75 Å². The summed E-state index contributed by atoms with van der Waals surface area (Å²) in [6, 6.07) is 12.5. The molecule has 0 aliphatic carbocycles. The Balaban J connectivity index is 1.63. The molecule has 1 heterocycles. The average Bonchev–Trinajstić information content (AvgIpc) is 2.72. The van der Waals surface area contributed by atoms with Gasteiger partial charge < -0.3 is 10.1 Å². The van der Waals surface area contributed by atoms with Crippen LogP contribution in [0.4, 0.5) is 0 Å². The van der Waals surface area contributed by atoms with Gasteiger partial charge in [-0.15, -0.1) is 0 Å². The number of aryl methyl sites for hydroxylation is 2. The Morgan fingerprint density at radius 3 is 2.55 bits per heavy atom. The number of sulfonamides is 1. The topological polar surface area (TPSA) is 75.7 Å². The van der Waals surface area contributed by atoms with Gasteiger partial charge in [-0.3, -0.25) is 4.79 Å². The molecule has 1 saturated heterocycles. The summed E-state index contributed by atoms with van der Waals surface area (Å²) in [6.45, 7) is 5.48. The molecule has 0 bridgehead atoms. The van der Waals surface area contributed by atoms with Crippen molar-refractivity contribution in [3.05, 3.63) is 59.2 Å². The second-order valence-electron chi connectivity index (χ2n) is 7.37. The highest BCUT2D eigenvalue weighted by Crippen LogP contribution is 2.24. The van der Waals surface area contributed by atoms with Gasteiger partial charge in [0, 0.05) is 18.7 Å². The van der Waals surface area contributed by atoms with Crippen LogP contribution in [0, 0.1) is 13.8 Å². The van der Waals surface area contributed by atoms with Crippen LogP contribution in [-0.4, -0.2) is 44.9 Å². The van der Waals surface area contributed by atoms with Crippen LogP contribution in [0.2, 0.25) is 0 Å². The minimum atomic E-state index is -3.59. The number of hydrogen-bond acceptors (Lipinski definition) is 4. The van der Waals surface area contributed by atoms with Gasteiger partial charge in [0.05, 0.1) is 11.4 Å². The van der Waals surface area contributed by atoms with Gasteiger partial charge >= 0.3 is 0 Å². The van der Waals surface area contributed by atoms with E-state index in [9.17, 15) is 13.2 Å². The maximum absolute atomic E-state index is 13.0. The second kappa shape index (κ2) is 9.41. The number of nitrogens with zero attached hydrogens (tertiary/aromatic N) is 1. The van der Waals surface area contributed by atoms with Gasteiger partial charge in [-0.05, 0) is 62.1 Å². The zero-order valence-corrected chi connectivity index (χ0v) is 17.8. The maximum atomic E-state index is 13.0. The minimum absolute atomic E-state index is 0.211. The number of benzene rings is 2. The fourth-order valence-electron chi connectivity index (χ4n) is 3.40. The Bertz CT molecular complexity index is 967. The highest BCUT2D eigenvalue weighted by Gasteiger charge is 2.28. The van der Waals surface area contributed by atoms with Crippen LogP contribution in [0.3, 0.4) is 0 Å². The van der Waals surface area contributed by atoms with E-state index < -0.39 is 10.0 Å². The van der Waals surface area contributed by atoms with Gasteiger partial charge in [0.15, 0.2) is 0 Å². The van der Waals surface area contributed by atoms with E-state index in [2.05, 4.69) is 5.32 Å². The van der Waals surface area contributed by atoms with E-state index in [1.165, 1.54) is 10.4 Å². The van der Waals surface area contributed by atoms with E-state index in [1.54, 1.807) is 19.1 Å². The Kier molecular flexibility index (Phi) is 6.92. The third-order valence-electron chi connectivity index (χ3n) is 5.03. The van der Waals surface area contributed by atoms with Gasteiger partial charge in [-0.1, -0.05) is 24.6 Å². The first-order valence-electron chi connectivity index (χ1n) is 9.96. The van der Waals surface area contributed by atoms with Crippen LogP contribution in [0.25, 0.3) is 0 Å². The van der Waals surface area contributed by atoms with Crippen molar-refractivity contribution in [3.63, 3.8) is 0 Å². The first-order valence-corrected chi connectivity index (χ1v) is 11.4. The summed E-state index contributed by atoms with van der Waals surface area (Å²) < 4.78 is 33.2. The van der Waals surface area contributed by atoms with E-state index in [-0.39, 0.29) is 10.8 Å². The number of carbonyl (C=O) groups excluding carboxylic acids is 1. The number of ether oxygens (including phenoxy) is 1. The molecule has 3 rings (SSSR count). The van der Waals surface area contributed by atoms with E-state index in [0.29, 0.717) is 37.4 Å². The first kappa shape index (κ1) is 21.3. The summed E-state index contributed by atoms with van der Waals surface area (Å²) >= 11 is 0. The molecule has 0 unspecified atom stereocenters. The fraction of sp³-hybridized carbons (Fsp3) is 0.409. The Morgan fingerprint density at radius 1 is 1.07 bits per heavy atom. The lowest BCUT2D eigenvalue weighted by molar-refractivity contribution is 0.0946. The molecule has 0 saturated carbocycles. The summed E-state index contributed by atoms with van der Waals surface area (Å²) in [4.78, 5) is 12.7. The summed E-state index contributed by atoms with van der Waals surface area (Å²) in [7, 11) is -3.59. The number of piperidine rings is 1. The molecule has 1 aliphatic heterocycles. The van der Waals surface area contributed by atoms with Crippen LogP contribution in [-0.2, 0) is 10.0 Å². The third-order valence-corrected chi connectivity index (χ3v) is 7.07. The van der Waals surface area contributed by atoms with Crippen LogP contribution < -0.4 is 10.1 Å². The van der Waals surface area contributed by atoms with Gasteiger partial charge in [-0.25, -0.2) is 8.42 Å². The zero-order chi connectivity index (χ0) is 20.9. The number of hydrogen-bond donors (Lipinski definition) is 1. The lowest BCUT2D eigenvalue weighted by Crippen LogP contribution is -2.36. The van der Waals surface area contributed by atoms with Crippen LogP contribution in [0.15, 0.2) is 47.4 Å². The van der Waals surface area contributed by atoms with Crippen molar-refractivity contribution < 1.29 is 17.9 Å². The zero-order valence-electron chi connectivity index (χ0n) is 17.0. The summed E-state index contributed by atoms with van der Waals surface area (Å²) in [5.74, 6) is 0.442. The summed E-state index contributed by atoms with van der Waals surface area (Å²) in [5, 5.41) is 2.79. The van der Waals surface area contributed by atoms with Crippen molar-refractivity contribution in [1.29, 1.82) is 0 Å². The normalized spacial score (nSPS) is 15.1. The molecule has 7 heteroatoms. The number of nitrogens with one attached hydrogen (secondary N) is 1.